The zero-order valence-corrected chi connectivity index (χ0v) is 23.6. The summed E-state index contributed by atoms with van der Waals surface area (Å²) < 4.78 is 38.3. The summed E-state index contributed by atoms with van der Waals surface area (Å²) in [5.41, 5.74) is 0. The summed E-state index contributed by atoms with van der Waals surface area (Å²) >= 11 is 0. The lowest BCUT2D eigenvalue weighted by molar-refractivity contribution is -0.0412. The van der Waals surface area contributed by atoms with Crippen molar-refractivity contribution in [3.8, 4) is 0 Å². The second-order valence-electron chi connectivity index (χ2n) is 9.08. The molecule has 0 bridgehead atoms. The second kappa shape index (κ2) is 32.7. The second-order valence-corrected chi connectivity index (χ2v) is 9.08. The van der Waals surface area contributed by atoms with Crippen molar-refractivity contribution in [3.63, 3.8) is 0 Å². The zero-order valence-electron chi connectivity index (χ0n) is 23.6. The first-order chi connectivity index (χ1) is 17.8. The largest absolute Gasteiger partial charge is 0.394 e. The van der Waals surface area contributed by atoms with Crippen molar-refractivity contribution in [3.05, 3.63) is 0 Å². The van der Waals surface area contributed by atoms with Crippen LogP contribution < -0.4 is 0 Å². The van der Waals surface area contributed by atoms with E-state index < -0.39 is 0 Å². The van der Waals surface area contributed by atoms with Gasteiger partial charge in [-0.05, 0) is 13.3 Å². The molecule has 0 rings (SSSR count). The number of aliphatic hydroxyl groups excluding tert-OH is 1. The van der Waals surface area contributed by atoms with Gasteiger partial charge in [-0.2, -0.15) is 0 Å². The number of unbranched alkanes of at least 4 members (excludes halogenated alkanes) is 10. The maximum absolute atomic E-state index is 8.57. The first kappa shape index (κ1) is 35.7. The summed E-state index contributed by atoms with van der Waals surface area (Å²) in [5.74, 6) is 0. The lowest BCUT2D eigenvalue weighted by atomic mass is 10.1. The molecule has 0 spiro atoms. The summed E-state index contributed by atoms with van der Waals surface area (Å²) in [6, 6.07) is 0. The molecule has 0 radical (unpaired) electrons. The van der Waals surface area contributed by atoms with E-state index in [1.54, 1.807) is 0 Å². The monoisotopic (exact) mass is 522 g/mol. The molecular formula is C28H58O8. The zero-order chi connectivity index (χ0) is 26.2. The molecule has 1 unspecified atom stereocenters. The Morgan fingerprint density at radius 1 is 0.444 bits per heavy atom. The molecule has 0 heterocycles. The molecule has 0 aliphatic heterocycles. The summed E-state index contributed by atoms with van der Waals surface area (Å²) in [4.78, 5) is 0. The third-order valence-electron chi connectivity index (χ3n) is 5.60. The van der Waals surface area contributed by atoms with Crippen molar-refractivity contribution in [2.24, 2.45) is 0 Å². The Bertz CT molecular complexity index is 387. The summed E-state index contributed by atoms with van der Waals surface area (Å²) in [6.45, 7) is 11.5. The van der Waals surface area contributed by atoms with E-state index in [9.17, 15) is 0 Å². The van der Waals surface area contributed by atoms with Gasteiger partial charge in [-0.1, -0.05) is 71.1 Å². The Morgan fingerprint density at radius 3 is 1.28 bits per heavy atom. The van der Waals surface area contributed by atoms with Gasteiger partial charge in [-0.25, -0.2) is 0 Å². The minimum atomic E-state index is 0.0378. The van der Waals surface area contributed by atoms with Crippen LogP contribution in [0.5, 0.6) is 0 Å². The normalized spacial score (nSPS) is 12.4. The molecular weight excluding hydrogens is 464 g/mol. The molecule has 0 aliphatic rings. The van der Waals surface area contributed by atoms with E-state index in [-0.39, 0.29) is 12.7 Å². The predicted octanol–water partition coefficient (Wildman–Crippen LogP) is 4.79. The van der Waals surface area contributed by atoms with Crippen LogP contribution in [0.4, 0.5) is 0 Å². The molecule has 0 aromatic rings. The quantitative estimate of drug-likeness (QED) is 0.126. The van der Waals surface area contributed by atoms with E-state index in [1.807, 2.05) is 6.92 Å². The van der Waals surface area contributed by atoms with E-state index in [0.717, 1.165) is 13.0 Å². The number of ether oxygens (including phenoxy) is 7. The Labute approximate surface area is 221 Å². The SMILES string of the molecule is CCCCCCCCCCCCCOCC(C)OCCOCCOCCOCCOCCOCCO. The number of hydrogen-bond donors (Lipinski definition) is 1. The number of rotatable bonds is 32. The minimum Gasteiger partial charge on any atom is -0.394 e. The lowest BCUT2D eigenvalue weighted by Gasteiger charge is -2.13. The third kappa shape index (κ3) is 31.7. The number of aliphatic hydroxyl groups is 1. The summed E-state index contributed by atoms with van der Waals surface area (Å²) in [7, 11) is 0. The first-order valence-corrected chi connectivity index (χ1v) is 14.5. The molecule has 36 heavy (non-hydrogen) atoms. The van der Waals surface area contributed by atoms with Gasteiger partial charge in [0.05, 0.1) is 92.0 Å². The van der Waals surface area contributed by atoms with Crippen molar-refractivity contribution < 1.29 is 38.3 Å². The van der Waals surface area contributed by atoms with Crippen molar-refractivity contribution in [2.75, 3.05) is 92.5 Å². The number of hydrogen-bond acceptors (Lipinski definition) is 8. The fourth-order valence-corrected chi connectivity index (χ4v) is 3.52. The smallest absolute Gasteiger partial charge is 0.0781 e. The highest BCUT2D eigenvalue weighted by Gasteiger charge is 2.02. The molecule has 0 saturated heterocycles. The summed E-state index contributed by atoms with van der Waals surface area (Å²) in [5, 5.41) is 8.57. The molecule has 0 aliphatic carbocycles. The van der Waals surface area contributed by atoms with Crippen molar-refractivity contribution >= 4 is 0 Å². The lowest BCUT2D eigenvalue weighted by Crippen LogP contribution is -2.19. The Morgan fingerprint density at radius 2 is 0.833 bits per heavy atom. The first-order valence-electron chi connectivity index (χ1n) is 14.5. The Hall–Kier alpha value is -0.320. The van der Waals surface area contributed by atoms with Gasteiger partial charge in [0.15, 0.2) is 0 Å². The summed E-state index contributed by atoms with van der Waals surface area (Å²) in [6.07, 6.45) is 15.0. The molecule has 8 heteroatoms. The van der Waals surface area contributed by atoms with Crippen LogP contribution in [0.1, 0.15) is 84.5 Å². The van der Waals surface area contributed by atoms with E-state index in [1.165, 1.54) is 64.2 Å². The molecule has 0 aromatic carbocycles. The van der Waals surface area contributed by atoms with Gasteiger partial charge in [-0.15, -0.1) is 0 Å². The van der Waals surface area contributed by atoms with Crippen LogP contribution in [0.2, 0.25) is 0 Å². The molecule has 0 amide bonds. The maximum Gasteiger partial charge on any atom is 0.0781 e. The average molecular weight is 523 g/mol. The van der Waals surface area contributed by atoms with Crippen molar-refractivity contribution in [1.82, 2.24) is 0 Å². The highest BCUT2D eigenvalue weighted by atomic mass is 16.6. The van der Waals surface area contributed by atoms with Crippen LogP contribution >= 0.6 is 0 Å². The van der Waals surface area contributed by atoms with Crippen molar-refractivity contribution in [1.29, 1.82) is 0 Å². The fraction of sp³-hybridized carbons (Fsp3) is 1.00. The average Bonchev–Trinajstić information content (AvgIpc) is 2.88. The van der Waals surface area contributed by atoms with Crippen LogP contribution in [0.15, 0.2) is 0 Å². The van der Waals surface area contributed by atoms with E-state index in [2.05, 4.69) is 6.92 Å². The highest BCUT2D eigenvalue weighted by molar-refractivity contribution is 4.50. The molecule has 1 atom stereocenters. The molecule has 1 N–H and O–H groups in total. The molecule has 8 nitrogen and oxygen atoms in total. The van der Waals surface area contributed by atoms with Gasteiger partial charge in [0.25, 0.3) is 0 Å². The minimum absolute atomic E-state index is 0.0378. The van der Waals surface area contributed by atoms with Gasteiger partial charge in [0.2, 0.25) is 0 Å². The van der Waals surface area contributed by atoms with E-state index in [0.29, 0.717) is 79.3 Å². The van der Waals surface area contributed by atoms with Gasteiger partial charge < -0.3 is 38.3 Å². The predicted molar refractivity (Wildman–Crippen MR) is 144 cm³/mol. The Balaban J connectivity index is 3.13. The maximum atomic E-state index is 8.57. The van der Waals surface area contributed by atoms with Gasteiger partial charge in [-0.3, -0.25) is 0 Å². The van der Waals surface area contributed by atoms with Crippen LogP contribution in [0.3, 0.4) is 0 Å². The third-order valence-corrected chi connectivity index (χ3v) is 5.60. The van der Waals surface area contributed by atoms with Gasteiger partial charge >= 0.3 is 0 Å². The highest BCUT2D eigenvalue weighted by Crippen LogP contribution is 2.11. The standard InChI is InChI=1S/C28H58O8/c1-3-4-5-6-7-8-9-10-11-12-13-15-35-27-28(2)36-26-25-34-24-23-33-22-21-32-20-19-31-18-17-30-16-14-29/h28-29H,3-27H2,1-2H3. The molecule has 218 valence electrons. The van der Waals surface area contributed by atoms with Gasteiger partial charge in [0, 0.05) is 6.61 Å². The van der Waals surface area contributed by atoms with Crippen LogP contribution in [0, 0.1) is 0 Å². The van der Waals surface area contributed by atoms with Crippen LogP contribution in [0.25, 0.3) is 0 Å². The fourth-order valence-electron chi connectivity index (χ4n) is 3.52. The van der Waals surface area contributed by atoms with E-state index in [4.69, 9.17) is 38.3 Å². The topological polar surface area (TPSA) is 84.8 Å². The van der Waals surface area contributed by atoms with Crippen LogP contribution in [-0.4, -0.2) is 104 Å². The molecule has 0 saturated carbocycles. The van der Waals surface area contributed by atoms with Crippen molar-refractivity contribution in [2.45, 2.75) is 90.6 Å². The molecule has 0 aromatic heterocycles. The van der Waals surface area contributed by atoms with Crippen LogP contribution in [-0.2, 0) is 33.2 Å². The van der Waals surface area contributed by atoms with Gasteiger partial charge in [0.1, 0.15) is 0 Å². The van der Waals surface area contributed by atoms with E-state index >= 15 is 0 Å². The Kier molecular flexibility index (Phi) is 32.4. The molecule has 0 fully saturated rings.